The van der Waals surface area contributed by atoms with E-state index in [1.165, 1.54) is 0 Å². The zero-order chi connectivity index (χ0) is 13.8. The van der Waals surface area contributed by atoms with Gasteiger partial charge in [0.1, 0.15) is 11.4 Å². The first-order valence-electron chi connectivity index (χ1n) is 5.47. The Balaban J connectivity index is 2.97. The summed E-state index contributed by atoms with van der Waals surface area (Å²) in [7, 11) is 1.55. The van der Waals surface area contributed by atoms with Crippen molar-refractivity contribution >= 4 is 11.7 Å². The third-order valence-corrected chi connectivity index (χ3v) is 2.06. The standard InChI is InChI=1S/C13H16N2O3/c1-13(2,3)18-12(16)11(15-14)9-5-7-10(17-4)8-6-9/h5-8H,1-4H3. The fourth-order valence-electron chi connectivity index (χ4n) is 1.29. The number of ether oxygens (including phenoxy) is 2. The lowest BCUT2D eigenvalue weighted by molar-refractivity contribution is -0.150. The van der Waals surface area contributed by atoms with Crippen molar-refractivity contribution in [3.05, 3.63) is 35.4 Å². The average Bonchev–Trinajstić information content (AvgIpc) is 2.28. The number of carbonyl (C=O) groups excluding carboxylic acids is 1. The average molecular weight is 248 g/mol. The highest BCUT2D eigenvalue weighted by molar-refractivity contribution is 6.40. The molecule has 1 aromatic carbocycles. The van der Waals surface area contributed by atoms with Crippen LogP contribution in [0.15, 0.2) is 24.3 Å². The first-order valence-corrected chi connectivity index (χ1v) is 5.47. The molecule has 0 aliphatic carbocycles. The summed E-state index contributed by atoms with van der Waals surface area (Å²) in [6.45, 7) is 5.23. The quantitative estimate of drug-likeness (QED) is 0.355. The van der Waals surface area contributed by atoms with Crippen LogP contribution in [-0.4, -0.2) is 29.2 Å². The van der Waals surface area contributed by atoms with Crippen molar-refractivity contribution in [2.24, 2.45) is 0 Å². The van der Waals surface area contributed by atoms with Gasteiger partial charge in [-0.3, -0.25) is 0 Å². The van der Waals surface area contributed by atoms with Crippen molar-refractivity contribution in [3.63, 3.8) is 0 Å². The lowest BCUT2D eigenvalue weighted by Crippen LogP contribution is -2.30. The summed E-state index contributed by atoms with van der Waals surface area (Å²) >= 11 is 0. The second-order valence-corrected chi connectivity index (χ2v) is 4.68. The van der Waals surface area contributed by atoms with Crippen molar-refractivity contribution in [2.75, 3.05) is 7.11 Å². The molecule has 96 valence electrons. The minimum atomic E-state index is -0.671. The molecule has 0 amide bonds. The molecule has 0 atom stereocenters. The molecule has 0 heterocycles. The Bertz CT molecular complexity index is 480. The summed E-state index contributed by atoms with van der Waals surface area (Å²) < 4.78 is 10.1. The first-order chi connectivity index (χ1) is 8.37. The van der Waals surface area contributed by atoms with Gasteiger partial charge in [0.2, 0.25) is 0 Å². The molecule has 0 spiro atoms. The van der Waals surface area contributed by atoms with Gasteiger partial charge in [0, 0.05) is 0 Å². The molecule has 0 saturated carbocycles. The highest BCUT2D eigenvalue weighted by Gasteiger charge is 2.28. The molecule has 0 saturated heterocycles. The fraction of sp³-hybridized carbons (Fsp3) is 0.385. The van der Waals surface area contributed by atoms with Crippen LogP contribution in [0.1, 0.15) is 26.3 Å². The topological polar surface area (TPSA) is 71.9 Å². The lowest BCUT2D eigenvalue weighted by Gasteiger charge is -2.17. The van der Waals surface area contributed by atoms with Crippen LogP contribution in [0.3, 0.4) is 0 Å². The maximum atomic E-state index is 11.8. The molecule has 0 fully saturated rings. The molecular weight excluding hydrogens is 232 g/mol. The van der Waals surface area contributed by atoms with Crippen molar-refractivity contribution in [3.8, 4) is 5.75 Å². The summed E-state index contributed by atoms with van der Waals surface area (Å²) in [5, 5.41) is 0. The Kier molecular flexibility index (Phi) is 4.23. The summed E-state index contributed by atoms with van der Waals surface area (Å²) in [6.07, 6.45) is 0. The Hall–Kier alpha value is -2.13. The van der Waals surface area contributed by atoms with Crippen LogP contribution in [0.25, 0.3) is 5.53 Å². The molecule has 0 aliphatic heterocycles. The van der Waals surface area contributed by atoms with Crippen LogP contribution < -0.4 is 4.74 Å². The summed E-state index contributed by atoms with van der Waals surface area (Å²) in [5.41, 5.74) is 8.62. The largest absolute Gasteiger partial charge is 0.497 e. The van der Waals surface area contributed by atoms with Gasteiger partial charge in [-0.15, -0.1) is 0 Å². The molecule has 0 aromatic heterocycles. The van der Waals surface area contributed by atoms with E-state index in [1.807, 2.05) is 0 Å². The highest BCUT2D eigenvalue weighted by Crippen LogP contribution is 2.14. The van der Waals surface area contributed by atoms with Gasteiger partial charge in [-0.25, -0.2) is 4.79 Å². The van der Waals surface area contributed by atoms with E-state index in [0.29, 0.717) is 11.3 Å². The third kappa shape index (κ3) is 3.71. The third-order valence-electron chi connectivity index (χ3n) is 2.06. The molecule has 0 aliphatic rings. The van der Waals surface area contributed by atoms with Crippen LogP contribution in [0.2, 0.25) is 0 Å². The Morgan fingerprint density at radius 3 is 2.17 bits per heavy atom. The van der Waals surface area contributed by atoms with Crippen LogP contribution in [-0.2, 0) is 9.53 Å². The van der Waals surface area contributed by atoms with Crippen molar-refractivity contribution in [2.45, 2.75) is 26.4 Å². The van der Waals surface area contributed by atoms with Crippen molar-refractivity contribution in [1.29, 1.82) is 0 Å². The predicted molar refractivity (Wildman–Crippen MR) is 66.6 cm³/mol. The minimum absolute atomic E-state index is 0.132. The number of carbonyl (C=O) groups is 1. The Morgan fingerprint density at radius 1 is 1.22 bits per heavy atom. The molecule has 0 N–H and O–H groups in total. The van der Waals surface area contributed by atoms with Crippen LogP contribution in [0.5, 0.6) is 5.75 Å². The molecule has 1 rings (SSSR count). The van der Waals surface area contributed by atoms with E-state index < -0.39 is 11.6 Å². The Morgan fingerprint density at radius 2 is 1.78 bits per heavy atom. The van der Waals surface area contributed by atoms with Gasteiger partial charge in [-0.05, 0) is 45.0 Å². The van der Waals surface area contributed by atoms with Gasteiger partial charge in [-0.1, -0.05) is 0 Å². The molecular formula is C13H16N2O3. The molecule has 1 aromatic rings. The smallest absolute Gasteiger partial charge is 0.422 e. The molecule has 18 heavy (non-hydrogen) atoms. The maximum absolute atomic E-state index is 11.8. The fourth-order valence-corrected chi connectivity index (χ4v) is 1.29. The zero-order valence-electron chi connectivity index (χ0n) is 10.9. The number of esters is 1. The SMILES string of the molecule is COc1ccc(C(=[N+]=[N-])C(=O)OC(C)(C)C)cc1. The van der Waals surface area contributed by atoms with Crippen LogP contribution >= 0.6 is 0 Å². The van der Waals surface area contributed by atoms with Gasteiger partial charge >= 0.3 is 11.7 Å². The molecule has 0 unspecified atom stereocenters. The van der Waals surface area contributed by atoms with Crippen molar-refractivity contribution in [1.82, 2.24) is 0 Å². The molecule has 5 nitrogen and oxygen atoms in total. The highest BCUT2D eigenvalue weighted by atomic mass is 16.6. The van der Waals surface area contributed by atoms with E-state index in [2.05, 4.69) is 4.79 Å². The summed E-state index contributed by atoms with van der Waals surface area (Å²) in [6, 6.07) is 6.59. The van der Waals surface area contributed by atoms with E-state index in [0.717, 1.165) is 0 Å². The van der Waals surface area contributed by atoms with Crippen LogP contribution in [0, 0.1) is 0 Å². The normalized spacial score (nSPS) is 10.4. The Labute approximate surface area is 106 Å². The maximum Gasteiger partial charge on any atom is 0.422 e. The molecule has 0 radical (unpaired) electrons. The first kappa shape index (κ1) is 13.9. The number of methoxy groups -OCH3 is 1. The monoisotopic (exact) mass is 248 g/mol. The van der Waals surface area contributed by atoms with Gasteiger partial charge < -0.3 is 15.0 Å². The van der Waals surface area contributed by atoms with Gasteiger partial charge in [-0.2, -0.15) is 4.79 Å². The van der Waals surface area contributed by atoms with Crippen molar-refractivity contribution < 1.29 is 19.1 Å². The summed E-state index contributed by atoms with van der Waals surface area (Å²) in [4.78, 5) is 14.8. The molecule has 0 bridgehead atoms. The van der Waals surface area contributed by atoms with Crippen LogP contribution in [0.4, 0.5) is 0 Å². The number of nitrogens with zero attached hydrogens (tertiary/aromatic N) is 2. The van der Waals surface area contributed by atoms with Gasteiger partial charge in [0.15, 0.2) is 0 Å². The number of rotatable bonds is 3. The number of benzene rings is 1. The lowest BCUT2D eigenvalue weighted by atomic mass is 10.1. The predicted octanol–water partition coefficient (Wildman–Crippen LogP) is 2.06. The minimum Gasteiger partial charge on any atom is -0.497 e. The van der Waals surface area contributed by atoms with Gasteiger partial charge in [0.05, 0.1) is 12.7 Å². The second kappa shape index (κ2) is 5.47. The van der Waals surface area contributed by atoms with E-state index in [9.17, 15) is 4.79 Å². The van der Waals surface area contributed by atoms with E-state index in [4.69, 9.17) is 15.0 Å². The van der Waals surface area contributed by atoms with Gasteiger partial charge in [0.25, 0.3) is 0 Å². The van der Waals surface area contributed by atoms with E-state index in [-0.39, 0.29) is 5.71 Å². The second-order valence-electron chi connectivity index (χ2n) is 4.68. The number of hydrogen-bond acceptors (Lipinski definition) is 3. The number of hydrogen-bond donors (Lipinski definition) is 0. The van der Waals surface area contributed by atoms with E-state index >= 15 is 0 Å². The summed E-state index contributed by atoms with van der Waals surface area (Å²) in [5.74, 6) is -0.0182. The zero-order valence-corrected chi connectivity index (χ0v) is 10.9. The molecule has 5 heteroatoms. The van der Waals surface area contributed by atoms with E-state index in [1.54, 1.807) is 52.1 Å².